The van der Waals surface area contributed by atoms with Crippen LogP contribution in [0.3, 0.4) is 0 Å². The number of carbonyl (C=O) groups excluding carboxylic acids is 1. The summed E-state index contributed by atoms with van der Waals surface area (Å²) in [5, 5.41) is 9.11. The van der Waals surface area contributed by atoms with E-state index in [1.54, 1.807) is 32.9 Å². The number of ether oxygens (including phenoxy) is 1. The maximum absolute atomic E-state index is 11.6. The average molecular weight is 282 g/mol. The Kier molecular flexibility index (Phi) is 5.00. The predicted octanol–water partition coefficient (Wildman–Crippen LogP) is 3.13. The first-order valence-corrected chi connectivity index (χ1v) is 6.86. The Bertz CT molecular complexity index is 489. The number of benzene rings is 1. The van der Waals surface area contributed by atoms with E-state index in [0.29, 0.717) is 4.90 Å². The molecule has 1 aromatic carbocycles. The summed E-state index contributed by atoms with van der Waals surface area (Å²) in [5.41, 5.74) is 0.563. The lowest BCUT2D eigenvalue weighted by atomic mass is 10.1. The summed E-state index contributed by atoms with van der Waals surface area (Å²) in [4.78, 5) is 23.3. The first-order valence-electron chi connectivity index (χ1n) is 5.87. The van der Waals surface area contributed by atoms with E-state index in [1.807, 2.05) is 13.0 Å². The van der Waals surface area contributed by atoms with Crippen molar-refractivity contribution in [2.45, 2.75) is 38.2 Å². The SMILES string of the molecule is Cc1ccc(SCC(=O)OC(C)(C)C)c(C(=O)O)c1. The summed E-state index contributed by atoms with van der Waals surface area (Å²) in [6.07, 6.45) is 0. The summed E-state index contributed by atoms with van der Waals surface area (Å²) in [7, 11) is 0. The van der Waals surface area contributed by atoms with Gasteiger partial charge in [0.25, 0.3) is 0 Å². The number of carboxylic acids is 1. The molecule has 0 saturated heterocycles. The van der Waals surface area contributed by atoms with E-state index < -0.39 is 11.6 Å². The zero-order chi connectivity index (χ0) is 14.6. The molecule has 0 atom stereocenters. The van der Waals surface area contributed by atoms with Gasteiger partial charge in [0.15, 0.2) is 0 Å². The molecule has 0 saturated carbocycles. The third kappa shape index (κ3) is 5.34. The van der Waals surface area contributed by atoms with Crippen molar-refractivity contribution in [2.75, 3.05) is 5.75 Å². The second-order valence-electron chi connectivity index (χ2n) is 5.18. The molecule has 0 aliphatic carbocycles. The molecule has 0 spiro atoms. The molecule has 0 aliphatic heterocycles. The van der Waals surface area contributed by atoms with E-state index in [1.165, 1.54) is 11.8 Å². The molecular formula is C14H18O4S. The van der Waals surface area contributed by atoms with Gasteiger partial charge in [0, 0.05) is 4.90 Å². The van der Waals surface area contributed by atoms with Crippen LogP contribution >= 0.6 is 11.8 Å². The van der Waals surface area contributed by atoms with Gasteiger partial charge in [-0.1, -0.05) is 11.6 Å². The molecule has 0 unspecified atom stereocenters. The number of hydrogen-bond acceptors (Lipinski definition) is 4. The normalized spacial score (nSPS) is 11.2. The standard InChI is InChI=1S/C14H18O4S/c1-9-5-6-11(10(7-9)13(16)17)19-8-12(15)18-14(2,3)4/h5-7H,8H2,1-4H3,(H,16,17). The van der Waals surface area contributed by atoms with Gasteiger partial charge < -0.3 is 9.84 Å². The first-order chi connectivity index (χ1) is 8.69. The molecule has 0 radical (unpaired) electrons. The second-order valence-corrected chi connectivity index (χ2v) is 6.20. The summed E-state index contributed by atoms with van der Waals surface area (Å²) in [6.45, 7) is 7.22. The van der Waals surface area contributed by atoms with Gasteiger partial charge in [-0.2, -0.15) is 0 Å². The van der Waals surface area contributed by atoms with Crippen LogP contribution in [0.1, 0.15) is 36.7 Å². The Hall–Kier alpha value is -1.49. The van der Waals surface area contributed by atoms with Crippen molar-refractivity contribution < 1.29 is 19.4 Å². The molecule has 19 heavy (non-hydrogen) atoms. The fourth-order valence-corrected chi connectivity index (χ4v) is 2.24. The van der Waals surface area contributed by atoms with Crippen LogP contribution in [0.15, 0.2) is 23.1 Å². The highest BCUT2D eigenvalue weighted by Gasteiger charge is 2.18. The number of aryl methyl sites for hydroxylation is 1. The van der Waals surface area contributed by atoms with Gasteiger partial charge in [-0.25, -0.2) is 4.79 Å². The molecule has 4 nitrogen and oxygen atoms in total. The number of thioether (sulfide) groups is 1. The maximum atomic E-state index is 11.6. The highest BCUT2D eigenvalue weighted by atomic mass is 32.2. The van der Waals surface area contributed by atoms with Crippen molar-refractivity contribution in [1.29, 1.82) is 0 Å². The fraction of sp³-hybridized carbons (Fsp3) is 0.429. The topological polar surface area (TPSA) is 63.6 Å². The molecule has 0 fully saturated rings. The summed E-state index contributed by atoms with van der Waals surface area (Å²) in [6, 6.07) is 5.14. The lowest BCUT2D eigenvalue weighted by Gasteiger charge is -2.19. The van der Waals surface area contributed by atoms with E-state index in [9.17, 15) is 9.59 Å². The number of esters is 1. The van der Waals surface area contributed by atoms with Crippen molar-refractivity contribution in [2.24, 2.45) is 0 Å². The largest absolute Gasteiger partial charge is 0.478 e. The molecule has 0 heterocycles. The summed E-state index contributed by atoms with van der Waals surface area (Å²) in [5.74, 6) is -1.24. The van der Waals surface area contributed by atoms with E-state index >= 15 is 0 Å². The molecule has 0 aromatic heterocycles. The highest BCUT2D eigenvalue weighted by Crippen LogP contribution is 2.24. The lowest BCUT2D eigenvalue weighted by Crippen LogP contribution is -2.24. The monoisotopic (exact) mass is 282 g/mol. The van der Waals surface area contributed by atoms with Crippen LogP contribution < -0.4 is 0 Å². The maximum Gasteiger partial charge on any atom is 0.336 e. The van der Waals surface area contributed by atoms with Crippen molar-refractivity contribution in [1.82, 2.24) is 0 Å². The van der Waals surface area contributed by atoms with E-state index in [2.05, 4.69) is 0 Å². The minimum atomic E-state index is -0.990. The zero-order valence-electron chi connectivity index (χ0n) is 11.5. The Morgan fingerprint density at radius 3 is 2.47 bits per heavy atom. The molecule has 5 heteroatoms. The predicted molar refractivity (Wildman–Crippen MR) is 74.7 cm³/mol. The van der Waals surface area contributed by atoms with Crippen molar-refractivity contribution in [3.8, 4) is 0 Å². The third-order valence-corrected chi connectivity index (χ3v) is 3.18. The fourth-order valence-electron chi connectivity index (χ4n) is 1.44. The number of carbonyl (C=O) groups is 2. The van der Waals surface area contributed by atoms with Gasteiger partial charge in [0.1, 0.15) is 5.60 Å². The molecule has 0 bridgehead atoms. The number of rotatable bonds is 4. The van der Waals surface area contributed by atoms with Crippen molar-refractivity contribution in [3.63, 3.8) is 0 Å². The van der Waals surface area contributed by atoms with Crippen LogP contribution in [0.5, 0.6) is 0 Å². The zero-order valence-corrected chi connectivity index (χ0v) is 12.3. The smallest absolute Gasteiger partial charge is 0.336 e. The van der Waals surface area contributed by atoms with Crippen molar-refractivity contribution >= 4 is 23.7 Å². The quantitative estimate of drug-likeness (QED) is 0.679. The van der Waals surface area contributed by atoms with E-state index in [0.717, 1.165) is 5.56 Å². The summed E-state index contributed by atoms with van der Waals surface area (Å²) < 4.78 is 5.18. The Labute approximate surface area is 117 Å². The first kappa shape index (κ1) is 15.6. The molecule has 0 amide bonds. The van der Waals surface area contributed by atoms with Crippen LogP contribution in [0.25, 0.3) is 0 Å². The minimum Gasteiger partial charge on any atom is -0.478 e. The van der Waals surface area contributed by atoms with Crippen LogP contribution in [0, 0.1) is 6.92 Å². The van der Waals surface area contributed by atoms with Gasteiger partial charge in [-0.15, -0.1) is 11.8 Å². The Morgan fingerprint density at radius 1 is 1.32 bits per heavy atom. The molecular weight excluding hydrogens is 264 g/mol. The number of carboxylic acid groups (broad SMARTS) is 1. The number of hydrogen-bond donors (Lipinski definition) is 1. The van der Waals surface area contributed by atoms with Gasteiger partial charge in [-0.05, 0) is 39.8 Å². The van der Waals surface area contributed by atoms with Gasteiger partial charge in [0.05, 0.1) is 11.3 Å². The molecule has 1 aromatic rings. The highest BCUT2D eigenvalue weighted by molar-refractivity contribution is 8.00. The van der Waals surface area contributed by atoms with Crippen LogP contribution in [0.2, 0.25) is 0 Å². The van der Waals surface area contributed by atoms with Crippen LogP contribution in [-0.4, -0.2) is 28.4 Å². The molecule has 1 N–H and O–H groups in total. The van der Waals surface area contributed by atoms with Gasteiger partial charge >= 0.3 is 11.9 Å². The Balaban J connectivity index is 2.73. The molecule has 104 valence electrons. The van der Waals surface area contributed by atoms with Gasteiger partial charge in [0.2, 0.25) is 0 Å². The van der Waals surface area contributed by atoms with Crippen LogP contribution in [-0.2, 0) is 9.53 Å². The third-order valence-electron chi connectivity index (χ3n) is 2.13. The molecule has 0 aliphatic rings. The minimum absolute atomic E-state index is 0.0978. The number of aromatic carboxylic acids is 1. The van der Waals surface area contributed by atoms with Crippen molar-refractivity contribution in [3.05, 3.63) is 29.3 Å². The van der Waals surface area contributed by atoms with E-state index in [-0.39, 0.29) is 17.3 Å². The average Bonchev–Trinajstić information content (AvgIpc) is 2.24. The van der Waals surface area contributed by atoms with Crippen LogP contribution in [0.4, 0.5) is 0 Å². The lowest BCUT2D eigenvalue weighted by molar-refractivity contribution is -0.151. The summed E-state index contributed by atoms with van der Waals surface area (Å²) >= 11 is 1.18. The second kappa shape index (κ2) is 6.10. The molecule has 1 rings (SSSR count). The Morgan fingerprint density at radius 2 is 1.95 bits per heavy atom. The van der Waals surface area contributed by atoms with E-state index in [4.69, 9.17) is 9.84 Å². The van der Waals surface area contributed by atoms with Gasteiger partial charge in [-0.3, -0.25) is 4.79 Å².